The molecule has 1 atom stereocenters. The molecule has 0 unspecified atom stereocenters. The predicted molar refractivity (Wildman–Crippen MR) is 102 cm³/mol. The maximum Gasteiger partial charge on any atom is 0.416 e. The van der Waals surface area contributed by atoms with E-state index in [0.29, 0.717) is 17.0 Å². The van der Waals surface area contributed by atoms with E-state index in [-0.39, 0.29) is 17.6 Å². The van der Waals surface area contributed by atoms with E-state index in [9.17, 15) is 18.0 Å². The lowest BCUT2D eigenvalue weighted by Gasteiger charge is -2.22. The molecule has 1 aliphatic rings. The van der Waals surface area contributed by atoms with E-state index >= 15 is 0 Å². The summed E-state index contributed by atoms with van der Waals surface area (Å²) in [6, 6.07) is 13.6. The number of carbonyl (C=O) groups is 1. The second kappa shape index (κ2) is 7.83. The summed E-state index contributed by atoms with van der Waals surface area (Å²) in [7, 11) is 0. The van der Waals surface area contributed by atoms with Gasteiger partial charge in [0.2, 0.25) is 5.88 Å². The second-order valence-corrected chi connectivity index (χ2v) is 6.76. The molecule has 6 nitrogen and oxygen atoms in total. The van der Waals surface area contributed by atoms with Crippen LogP contribution >= 0.6 is 11.6 Å². The lowest BCUT2D eigenvalue weighted by molar-refractivity contribution is -0.137. The predicted octanol–water partition coefficient (Wildman–Crippen LogP) is 5.64. The fourth-order valence-corrected chi connectivity index (χ4v) is 3.13. The second-order valence-electron chi connectivity index (χ2n) is 6.38. The maximum absolute atomic E-state index is 13.1. The minimum Gasteiger partial charge on any atom is -0.447 e. The molecule has 0 radical (unpaired) electrons. The minimum absolute atomic E-state index is 0.0568. The van der Waals surface area contributed by atoms with Gasteiger partial charge in [0.1, 0.15) is 12.4 Å². The molecule has 154 valence electrons. The smallest absolute Gasteiger partial charge is 0.416 e. The summed E-state index contributed by atoms with van der Waals surface area (Å²) in [5.74, 6) is 0.660. The topological polar surface area (TPSA) is 64.5 Å². The summed E-state index contributed by atoms with van der Waals surface area (Å²) in [5.41, 5.74) is -0.00554. The zero-order valence-electron chi connectivity index (χ0n) is 15.1. The molecule has 30 heavy (non-hydrogen) atoms. The van der Waals surface area contributed by atoms with Gasteiger partial charge in [0.05, 0.1) is 11.6 Å². The lowest BCUT2D eigenvalue weighted by atomic mass is 10.0. The van der Waals surface area contributed by atoms with Gasteiger partial charge in [0.25, 0.3) is 0 Å². The molecule has 0 bridgehead atoms. The molecule has 0 N–H and O–H groups in total. The van der Waals surface area contributed by atoms with Crippen molar-refractivity contribution in [1.29, 1.82) is 0 Å². The average Bonchev–Trinajstić information content (AvgIpc) is 3.11. The van der Waals surface area contributed by atoms with Crippen LogP contribution in [0.4, 0.5) is 23.7 Å². The van der Waals surface area contributed by atoms with E-state index in [1.165, 1.54) is 23.1 Å². The van der Waals surface area contributed by atoms with Gasteiger partial charge in [-0.15, -0.1) is 10.2 Å². The molecule has 1 amide bonds. The van der Waals surface area contributed by atoms with E-state index in [1.807, 2.05) is 0 Å². The highest BCUT2D eigenvalue weighted by atomic mass is 35.5. The molecule has 3 aromatic rings. The van der Waals surface area contributed by atoms with Crippen LogP contribution in [0.2, 0.25) is 5.15 Å². The first kappa shape index (κ1) is 20.0. The number of benzene rings is 2. The number of alkyl halides is 3. The van der Waals surface area contributed by atoms with Crippen LogP contribution in [0.15, 0.2) is 60.7 Å². The van der Waals surface area contributed by atoms with E-state index in [4.69, 9.17) is 21.1 Å². The van der Waals surface area contributed by atoms with E-state index < -0.39 is 23.9 Å². The first-order valence-corrected chi connectivity index (χ1v) is 9.09. The Morgan fingerprint density at radius 1 is 1.07 bits per heavy atom. The molecule has 1 aliphatic heterocycles. The number of amides is 1. The number of carbonyl (C=O) groups excluding carboxylic acids is 1. The molecule has 0 aliphatic carbocycles. The first-order valence-electron chi connectivity index (χ1n) is 8.71. The summed E-state index contributed by atoms with van der Waals surface area (Å²) < 4.78 is 49.8. The minimum atomic E-state index is -4.48. The monoisotopic (exact) mass is 435 g/mol. The summed E-state index contributed by atoms with van der Waals surface area (Å²) in [5, 5.41) is 7.69. The normalized spacial score (nSPS) is 16.5. The highest BCUT2D eigenvalue weighted by molar-refractivity contribution is 6.29. The number of cyclic esters (lactones) is 1. The first-order chi connectivity index (χ1) is 14.3. The van der Waals surface area contributed by atoms with E-state index in [2.05, 4.69) is 10.2 Å². The molecule has 4 rings (SSSR count). The Hall–Kier alpha value is -3.33. The van der Waals surface area contributed by atoms with Crippen molar-refractivity contribution in [3.8, 4) is 11.6 Å². The number of anilines is 1. The average molecular weight is 436 g/mol. The van der Waals surface area contributed by atoms with Crippen LogP contribution < -0.4 is 9.64 Å². The van der Waals surface area contributed by atoms with Gasteiger partial charge >= 0.3 is 12.3 Å². The van der Waals surface area contributed by atoms with Crippen molar-refractivity contribution in [2.45, 2.75) is 12.2 Å². The van der Waals surface area contributed by atoms with Crippen LogP contribution in [0.1, 0.15) is 17.2 Å². The van der Waals surface area contributed by atoms with E-state index in [1.54, 1.807) is 30.3 Å². The molecule has 0 saturated carbocycles. The van der Waals surface area contributed by atoms with Gasteiger partial charge in [0, 0.05) is 11.8 Å². The van der Waals surface area contributed by atoms with Crippen LogP contribution in [0.3, 0.4) is 0 Å². The van der Waals surface area contributed by atoms with Gasteiger partial charge in [-0.1, -0.05) is 23.7 Å². The number of nitrogens with zero attached hydrogens (tertiary/aromatic N) is 3. The van der Waals surface area contributed by atoms with Crippen LogP contribution in [-0.2, 0) is 10.9 Å². The molecule has 0 spiro atoms. The lowest BCUT2D eigenvalue weighted by Crippen LogP contribution is -2.27. The molecule has 10 heteroatoms. The molecule has 1 saturated heterocycles. The van der Waals surface area contributed by atoms with Gasteiger partial charge in [0.15, 0.2) is 5.15 Å². The summed E-state index contributed by atoms with van der Waals surface area (Å²) in [4.78, 5) is 13.6. The van der Waals surface area contributed by atoms with Crippen molar-refractivity contribution in [2.24, 2.45) is 0 Å². The number of hydrogen-bond acceptors (Lipinski definition) is 5. The summed E-state index contributed by atoms with van der Waals surface area (Å²) >= 11 is 5.68. The molecule has 1 aromatic heterocycles. The Morgan fingerprint density at radius 2 is 1.83 bits per heavy atom. The Balaban J connectivity index is 1.57. The van der Waals surface area contributed by atoms with Crippen molar-refractivity contribution >= 4 is 23.4 Å². The molecule has 1 fully saturated rings. The third-order valence-electron chi connectivity index (χ3n) is 4.42. The zero-order chi connectivity index (χ0) is 21.3. The number of ether oxygens (including phenoxy) is 2. The van der Waals surface area contributed by atoms with Crippen molar-refractivity contribution in [3.05, 3.63) is 76.9 Å². The fourth-order valence-electron chi connectivity index (χ4n) is 3.03. The largest absolute Gasteiger partial charge is 0.447 e. The Kier molecular flexibility index (Phi) is 5.21. The number of rotatable bonds is 4. The van der Waals surface area contributed by atoms with Crippen molar-refractivity contribution < 1.29 is 27.4 Å². The number of halogens is 4. The highest BCUT2D eigenvalue weighted by Crippen LogP contribution is 2.37. The van der Waals surface area contributed by atoms with Gasteiger partial charge in [-0.3, -0.25) is 4.90 Å². The Bertz CT molecular complexity index is 1060. The van der Waals surface area contributed by atoms with E-state index in [0.717, 1.165) is 12.1 Å². The van der Waals surface area contributed by atoms with Gasteiger partial charge < -0.3 is 9.47 Å². The third kappa shape index (κ3) is 4.16. The molecule has 2 aromatic carbocycles. The quantitative estimate of drug-likeness (QED) is 0.530. The standard InChI is InChI=1S/C20H13ClF3N3O3/c21-17-8-9-18(26-25-17)30-15-6-4-14(5-7-15)27-16(11-29-19(27)28)12-2-1-3-13(10-12)20(22,23)24/h1-10,16H,11H2/t16-/m1/s1. The summed E-state index contributed by atoms with van der Waals surface area (Å²) in [6.45, 7) is -0.0568. The van der Waals surface area contributed by atoms with Crippen LogP contribution in [0, 0.1) is 0 Å². The highest BCUT2D eigenvalue weighted by Gasteiger charge is 2.37. The van der Waals surface area contributed by atoms with Gasteiger partial charge in [-0.2, -0.15) is 13.2 Å². The van der Waals surface area contributed by atoms with Crippen LogP contribution in [-0.4, -0.2) is 22.9 Å². The molecular formula is C20H13ClF3N3O3. The third-order valence-corrected chi connectivity index (χ3v) is 4.62. The summed E-state index contributed by atoms with van der Waals surface area (Å²) in [6.07, 6.45) is -5.12. The number of hydrogen-bond donors (Lipinski definition) is 0. The number of aromatic nitrogens is 2. The van der Waals surface area contributed by atoms with Gasteiger partial charge in [-0.05, 0) is 48.0 Å². The van der Waals surface area contributed by atoms with Crippen LogP contribution in [0.5, 0.6) is 11.6 Å². The van der Waals surface area contributed by atoms with Gasteiger partial charge in [-0.25, -0.2) is 4.79 Å². The SMILES string of the molecule is O=C1OC[C@H](c2cccc(C(F)(F)F)c2)N1c1ccc(Oc2ccc(Cl)nn2)cc1. The molecular weight excluding hydrogens is 423 g/mol. The molecule has 2 heterocycles. The fraction of sp³-hybridized carbons (Fsp3) is 0.150. The maximum atomic E-state index is 13.1. The van der Waals surface area contributed by atoms with Crippen molar-refractivity contribution in [3.63, 3.8) is 0 Å². The Morgan fingerprint density at radius 3 is 2.50 bits per heavy atom. The Labute approximate surface area is 173 Å². The van der Waals surface area contributed by atoms with Crippen molar-refractivity contribution in [1.82, 2.24) is 10.2 Å². The van der Waals surface area contributed by atoms with Crippen molar-refractivity contribution in [2.75, 3.05) is 11.5 Å². The zero-order valence-corrected chi connectivity index (χ0v) is 15.9. The van der Waals surface area contributed by atoms with Crippen LogP contribution in [0.25, 0.3) is 0 Å².